The first-order chi connectivity index (χ1) is 8.18. The Balaban J connectivity index is 1.98. The van der Waals surface area contributed by atoms with Crippen LogP contribution in [0.4, 0.5) is 0 Å². The van der Waals surface area contributed by atoms with E-state index in [-0.39, 0.29) is 12.0 Å². The molecule has 1 aliphatic rings. The maximum Gasteiger partial charge on any atom is 0.0496 e. The Labute approximate surface area is 104 Å². The normalized spacial score (nSPS) is 22.2. The number of hydrogen-bond acceptors (Lipinski definition) is 2. The molecule has 2 unspecified atom stereocenters. The van der Waals surface area contributed by atoms with Crippen LogP contribution in [0.25, 0.3) is 0 Å². The highest BCUT2D eigenvalue weighted by Gasteiger charge is 2.26. The van der Waals surface area contributed by atoms with Crippen molar-refractivity contribution in [3.8, 4) is 0 Å². The first kappa shape index (κ1) is 12.6. The van der Waals surface area contributed by atoms with Gasteiger partial charge in [-0.2, -0.15) is 0 Å². The second kappa shape index (κ2) is 5.19. The molecular weight excluding hydrogens is 210 g/mol. The van der Waals surface area contributed by atoms with Gasteiger partial charge in [-0.25, -0.2) is 0 Å². The molecule has 94 valence electrons. The van der Waals surface area contributed by atoms with Crippen LogP contribution < -0.4 is 5.32 Å². The standard InChI is InChI=1S/C15H23NO/c1-3-15(2,11-17)10-16-14-9-8-12-6-4-5-7-13(12)14/h4-7,14,16-17H,3,8-11H2,1-2H3. The molecule has 0 bridgehead atoms. The third kappa shape index (κ3) is 2.70. The van der Waals surface area contributed by atoms with Gasteiger partial charge in [0.2, 0.25) is 0 Å². The van der Waals surface area contributed by atoms with Gasteiger partial charge in [-0.05, 0) is 30.4 Å². The third-order valence-corrected chi connectivity index (χ3v) is 4.14. The quantitative estimate of drug-likeness (QED) is 0.819. The summed E-state index contributed by atoms with van der Waals surface area (Å²) in [5.41, 5.74) is 2.94. The molecule has 0 radical (unpaired) electrons. The number of benzene rings is 1. The van der Waals surface area contributed by atoms with E-state index in [1.54, 1.807) is 0 Å². The van der Waals surface area contributed by atoms with Crippen molar-refractivity contribution in [3.63, 3.8) is 0 Å². The Morgan fingerprint density at radius 3 is 2.88 bits per heavy atom. The van der Waals surface area contributed by atoms with Crippen molar-refractivity contribution >= 4 is 0 Å². The lowest BCUT2D eigenvalue weighted by Gasteiger charge is -2.28. The fourth-order valence-corrected chi connectivity index (χ4v) is 2.43. The number of aryl methyl sites for hydroxylation is 1. The summed E-state index contributed by atoms with van der Waals surface area (Å²) >= 11 is 0. The van der Waals surface area contributed by atoms with Crippen molar-refractivity contribution in [1.82, 2.24) is 5.32 Å². The maximum atomic E-state index is 9.41. The van der Waals surface area contributed by atoms with Gasteiger partial charge in [-0.1, -0.05) is 38.1 Å². The number of nitrogens with one attached hydrogen (secondary N) is 1. The molecule has 17 heavy (non-hydrogen) atoms. The predicted octanol–water partition coefficient (Wildman–Crippen LogP) is 2.67. The molecule has 0 aromatic heterocycles. The van der Waals surface area contributed by atoms with E-state index < -0.39 is 0 Å². The van der Waals surface area contributed by atoms with Gasteiger partial charge in [-0.3, -0.25) is 0 Å². The second-order valence-electron chi connectivity index (χ2n) is 5.49. The van der Waals surface area contributed by atoms with E-state index >= 15 is 0 Å². The van der Waals surface area contributed by atoms with Crippen LogP contribution in [0.2, 0.25) is 0 Å². The van der Waals surface area contributed by atoms with Crippen LogP contribution in [0.1, 0.15) is 43.9 Å². The molecule has 0 spiro atoms. The van der Waals surface area contributed by atoms with Crippen molar-refractivity contribution < 1.29 is 5.11 Å². The molecule has 2 heteroatoms. The minimum absolute atomic E-state index is 0.0114. The molecule has 0 saturated heterocycles. The molecule has 2 rings (SSSR count). The Hall–Kier alpha value is -0.860. The molecule has 2 nitrogen and oxygen atoms in total. The largest absolute Gasteiger partial charge is 0.396 e. The van der Waals surface area contributed by atoms with E-state index in [1.807, 2.05) is 0 Å². The Kier molecular flexibility index (Phi) is 3.85. The monoisotopic (exact) mass is 233 g/mol. The first-order valence-electron chi connectivity index (χ1n) is 6.60. The molecule has 1 aliphatic carbocycles. The van der Waals surface area contributed by atoms with Crippen LogP contribution in [0.3, 0.4) is 0 Å². The van der Waals surface area contributed by atoms with Crippen molar-refractivity contribution in [2.45, 2.75) is 39.2 Å². The summed E-state index contributed by atoms with van der Waals surface area (Å²) < 4.78 is 0. The molecular formula is C15H23NO. The van der Waals surface area contributed by atoms with Crippen LogP contribution in [-0.2, 0) is 6.42 Å². The summed E-state index contributed by atoms with van der Waals surface area (Å²) in [4.78, 5) is 0. The number of aliphatic hydroxyl groups is 1. The van der Waals surface area contributed by atoms with Gasteiger partial charge in [0.1, 0.15) is 0 Å². The molecule has 0 saturated carbocycles. The summed E-state index contributed by atoms with van der Waals surface area (Å²) in [6.45, 7) is 5.42. The fourth-order valence-electron chi connectivity index (χ4n) is 2.43. The summed E-state index contributed by atoms with van der Waals surface area (Å²) in [6.07, 6.45) is 3.37. The van der Waals surface area contributed by atoms with Crippen LogP contribution in [0, 0.1) is 5.41 Å². The zero-order valence-electron chi connectivity index (χ0n) is 10.9. The summed E-state index contributed by atoms with van der Waals surface area (Å²) in [6, 6.07) is 9.16. The lowest BCUT2D eigenvalue weighted by Crippen LogP contribution is -2.35. The molecule has 0 heterocycles. The van der Waals surface area contributed by atoms with Gasteiger partial charge in [0.15, 0.2) is 0 Å². The Morgan fingerprint density at radius 1 is 1.41 bits per heavy atom. The molecule has 0 fully saturated rings. The van der Waals surface area contributed by atoms with Gasteiger partial charge >= 0.3 is 0 Å². The average Bonchev–Trinajstić information content (AvgIpc) is 2.79. The lowest BCUT2D eigenvalue weighted by atomic mass is 9.88. The van der Waals surface area contributed by atoms with E-state index in [9.17, 15) is 5.11 Å². The number of hydrogen-bond donors (Lipinski definition) is 2. The zero-order valence-corrected chi connectivity index (χ0v) is 10.9. The van der Waals surface area contributed by atoms with Crippen molar-refractivity contribution in [3.05, 3.63) is 35.4 Å². The van der Waals surface area contributed by atoms with Gasteiger partial charge in [-0.15, -0.1) is 0 Å². The van der Waals surface area contributed by atoms with Crippen LogP contribution in [0.15, 0.2) is 24.3 Å². The molecule has 0 amide bonds. The third-order valence-electron chi connectivity index (χ3n) is 4.14. The van der Waals surface area contributed by atoms with Crippen LogP contribution in [-0.4, -0.2) is 18.3 Å². The molecule has 1 aromatic carbocycles. The predicted molar refractivity (Wildman–Crippen MR) is 71.0 cm³/mol. The van der Waals surface area contributed by atoms with Gasteiger partial charge in [0, 0.05) is 24.6 Å². The molecule has 2 N–H and O–H groups in total. The van der Waals surface area contributed by atoms with E-state index in [2.05, 4.69) is 43.4 Å². The average molecular weight is 233 g/mol. The molecule has 2 atom stereocenters. The van der Waals surface area contributed by atoms with Gasteiger partial charge < -0.3 is 10.4 Å². The lowest BCUT2D eigenvalue weighted by molar-refractivity contribution is 0.131. The van der Waals surface area contributed by atoms with Crippen molar-refractivity contribution in [2.24, 2.45) is 5.41 Å². The van der Waals surface area contributed by atoms with E-state index in [4.69, 9.17) is 0 Å². The van der Waals surface area contributed by atoms with E-state index in [0.29, 0.717) is 6.04 Å². The SMILES string of the molecule is CCC(C)(CO)CNC1CCc2ccccc21. The minimum Gasteiger partial charge on any atom is -0.396 e. The van der Waals surface area contributed by atoms with E-state index in [0.717, 1.165) is 13.0 Å². The van der Waals surface area contributed by atoms with E-state index in [1.165, 1.54) is 24.0 Å². The topological polar surface area (TPSA) is 32.3 Å². The number of fused-ring (bicyclic) bond motifs is 1. The first-order valence-corrected chi connectivity index (χ1v) is 6.60. The summed E-state index contributed by atoms with van der Waals surface area (Å²) in [7, 11) is 0. The minimum atomic E-state index is 0.0114. The highest BCUT2D eigenvalue weighted by atomic mass is 16.3. The summed E-state index contributed by atoms with van der Waals surface area (Å²) in [5.74, 6) is 0. The highest BCUT2D eigenvalue weighted by molar-refractivity contribution is 5.34. The number of rotatable bonds is 5. The smallest absolute Gasteiger partial charge is 0.0496 e. The van der Waals surface area contributed by atoms with Crippen LogP contribution >= 0.6 is 0 Å². The fraction of sp³-hybridized carbons (Fsp3) is 0.600. The molecule has 1 aromatic rings. The summed E-state index contributed by atoms with van der Waals surface area (Å²) in [5, 5.41) is 13.0. The number of aliphatic hydroxyl groups excluding tert-OH is 1. The Bertz CT molecular complexity index is 371. The van der Waals surface area contributed by atoms with Gasteiger partial charge in [0.25, 0.3) is 0 Å². The van der Waals surface area contributed by atoms with Crippen molar-refractivity contribution in [2.75, 3.05) is 13.2 Å². The van der Waals surface area contributed by atoms with Gasteiger partial charge in [0.05, 0.1) is 0 Å². The van der Waals surface area contributed by atoms with Crippen molar-refractivity contribution in [1.29, 1.82) is 0 Å². The maximum absolute atomic E-state index is 9.41. The zero-order chi connectivity index (χ0) is 12.3. The highest BCUT2D eigenvalue weighted by Crippen LogP contribution is 2.31. The molecule has 0 aliphatic heterocycles. The Morgan fingerprint density at radius 2 is 2.18 bits per heavy atom. The second-order valence-corrected chi connectivity index (χ2v) is 5.49. The van der Waals surface area contributed by atoms with Crippen LogP contribution in [0.5, 0.6) is 0 Å².